The Morgan fingerprint density at radius 3 is 2.79 bits per heavy atom. The van der Waals surface area contributed by atoms with Gasteiger partial charge in [-0.25, -0.2) is 15.0 Å². The number of amides is 1. The maximum absolute atomic E-state index is 12.7. The molecule has 0 bridgehead atoms. The molecular weight excluding hydrogens is 370 g/mol. The van der Waals surface area contributed by atoms with E-state index in [2.05, 4.69) is 35.8 Å². The standard InChI is InChI=1S/C20H25N7O2/c1-12-13(2)24-19(27-18(12)21-9-8-15-10-22-23-11-15)20(28)25-14(3)16-6-5-7-17(26-16)29-4/h5-7,10-11,14H,8-9H2,1-4H3,(H,22,23)(H,25,28)(H,21,24,27). The quantitative estimate of drug-likeness (QED) is 0.536. The van der Waals surface area contributed by atoms with E-state index >= 15 is 0 Å². The van der Waals surface area contributed by atoms with Gasteiger partial charge in [0.1, 0.15) is 5.82 Å². The second-order valence-corrected chi connectivity index (χ2v) is 6.69. The first kappa shape index (κ1) is 20.2. The summed E-state index contributed by atoms with van der Waals surface area (Å²) in [5, 5.41) is 12.9. The number of nitrogens with zero attached hydrogens (tertiary/aromatic N) is 4. The maximum atomic E-state index is 12.7. The van der Waals surface area contributed by atoms with Gasteiger partial charge < -0.3 is 15.4 Å². The minimum Gasteiger partial charge on any atom is -0.481 e. The van der Waals surface area contributed by atoms with Crippen molar-refractivity contribution in [1.82, 2.24) is 30.5 Å². The smallest absolute Gasteiger partial charge is 0.289 e. The Hall–Kier alpha value is -3.49. The molecule has 3 N–H and O–H groups in total. The minimum absolute atomic E-state index is 0.119. The summed E-state index contributed by atoms with van der Waals surface area (Å²) in [4.78, 5) is 25.9. The van der Waals surface area contributed by atoms with Crippen molar-refractivity contribution in [2.45, 2.75) is 33.2 Å². The van der Waals surface area contributed by atoms with Crippen LogP contribution in [0.5, 0.6) is 5.88 Å². The van der Waals surface area contributed by atoms with E-state index < -0.39 is 0 Å². The summed E-state index contributed by atoms with van der Waals surface area (Å²) >= 11 is 0. The molecule has 0 fully saturated rings. The average Bonchev–Trinajstić information content (AvgIpc) is 3.24. The van der Waals surface area contributed by atoms with Crippen LogP contribution < -0.4 is 15.4 Å². The fourth-order valence-corrected chi connectivity index (χ4v) is 2.76. The predicted molar refractivity (Wildman–Crippen MR) is 109 cm³/mol. The zero-order chi connectivity index (χ0) is 20.8. The van der Waals surface area contributed by atoms with E-state index in [4.69, 9.17) is 4.74 Å². The Morgan fingerprint density at radius 2 is 2.07 bits per heavy atom. The molecular formula is C20H25N7O2. The number of H-pyrrole nitrogens is 1. The lowest BCUT2D eigenvalue weighted by Gasteiger charge is -2.15. The van der Waals surface area contributed by atoms with Crippen molar-refractivity contribution >= 4 is 11.7 Å². The largest absolute Gasteiger partial charge is 0.481 e. The number of carbonyl (C=O) groups excluding carboxylic acids is 1. The lowest BCUT2D eigenvalue weighted by Crippen LogP contribution is -2.29. The van der Waals surface area contributed by atoms with Gasteiger partial charge in [-0.2, -0.15) is 5.10 Å². The van der Waals surface area contributed by atoms with Crippen LogP contribution in [-0.4, -0.2) is 44.7 Å². The van der Waals surface area contributed by atoms with Gasteiger partial charge in [-0.05, 0) is 38.8 Å². The van der Waals surface area contributed by atoms with Crippen LogP contribution in [0.4, 0.5) is 5.82 Å². The van der Waals surface area contributed by atoms with E-state index in [-0.39, 0.29) is 17.8 Å². The first-order valence-electron chi connectivity index (χ1n) is 9.36. The Balaban J connectivity index is 1.70. The molecule has 29 heavy (non-hydrogen) atoms. The van der Waals surface area contributed by atoms with Crippen LogP contribution in [0.15, 0.2) is 30.6 Å². The van der Waals surface area contributed by atoms with Crippen LogP contribution in [0.3, 0.4) is 0 Å². The first-order valence-corrected chi connectivity index (χ1v) is 9.36. The van der Waals surface area contributed by atoms with Crippen LogP contribution in [0.1, 0.15) is 46.1 Å². The van der Waals surface area contributed by atoms with E-state index in [0.717, 1.165) is 23.2 Å². The number of pyridine rings is 1. The number of rotatable bonds is 8. The number of ether oxygens (including phenoxy) is 1. The van der Waals surface area contributed by atoms with Gasteiger partial charge in [0.25, 0.3) is 5.91 Å². The molecule has 3 rings (SSSR count). The van der Waals surface area contributed by atoms with Gasteiger partial charge in [0.15, 0.2) is 0 Å². The third-order valence-electron chi connectivity index (χ3n) is 4.60. The normalized spacial score (nSPS) is 11.7. The zero-order valence-corrected chi connectivity index (χ0v) is 17.0. The lowest BCUT2D eigenvalue weighted by molar-refractivity contribution is 0.0928. The number of hydrogen-bond acceptors (Lipinski definition) is 7. The van der Waals surface area contributed by atoms with Crippen molar-refractivity contribution in [3.8, 4) is 5.88 Å². The minimum atomic E-state index is -0.358. The second-order valence-electron chi connectivity index (χ2n) is 6.69. The summed E-state index contributed by atoms with van der Waals surface area (Å²) in [6.45, 7) is 6.31. The highest BCUT2D eigenvalue weighted by Crippen LogP contribution is 2.17. The van der Waals surface area contributed by atoms with E-state index in [0.29, 0.717) is 23.9 Å². The third-order valence-corrected chi connectivity index (χ3v) is 4.60. The van der Waals surface area contributed by atoms with Crippen LogP contribution in [0.2, 0.25) is 0 Å². The molecule has 1 atom stereocenters. The van der Waals surface area contributed by atoms with Crippen molar-refractivity contribution in [1.29, 1.82) is 0 Å². The number of aromatic nitrogens is 5. The molecule has 3 heterocycles. The average molecular weight is 395 g/mol. The lowest BCUT2D eigenvalue weighted by atomic mass is 10.2. The highest BCUT2D eigenvalue weighted by Gasteiger charge is 2.18. The van der Waals surface area contributed by atoms with Gasteiger partial charge in [-0.1, -0.05) is 6.07 Å². The van der Waals surface area contributed by atoms with Crippen LogP contribution >= 0.6 is 0 Å². The molecule has 0 saturated heterocycles. The van der Waals surface area contributed by atoms with E-state index in [9.17, 15) is 4.79 Å². The number of anilines is 1. The Labute approximate surface area is 169 Å². The molecule has 3 aromatic heterocycles. The fraction of sp³-hybridized carbons (Fsp3) is 0.350. The van der Waals surface area contributed by atoms with E-state index in [1.807, 2.05) is 39.1 Å². The molecule has 1 amide bonds. The monoisotopic (exact) mass is 395 g/mol. The zero-order valence-electron chi connectivity index (χ0n) is 17.0. The predicted octanol–water partition coefficient (Wildman–Crippen LogP) is 2.37. The SMILES string of the molecule is COc1cccc(C(C)NC(=O)c2nc(C)c(C)c(NCCc3cn[nH]c3)n2)n1. The van der Waals surface area contributed by atoms with Gasteiger partial charge in [-0.3, -0.25) is 9.89 Å². The van der Waals surface area contributed by atoms with Crippen molar-refractivity contribution in [3.63, 3.8) is 0 Å². The number of aromatic amines is 1. The molecule has 0 aliphatic carbocycles. The second kappa shape index (κ2) is 9.13. The van der Waals surface area contributed by atoms with Crippen LogP contribution in [0.25, 0.3) is 0 Å². The summed E-state index contributed by atoms with van der Waals surface area (Å²) < 4.78 is 5.14. The summed E-state index contributed by atoms with van der Waals surface area (Å²) in [5.41, 5.74) is 3.46. The topological polar surface area (TPSA) is 118 Å². The fourth-order valence-electron chi connectivity index (χ4n) is 2.76. The number of methoxy groups -OCH3 is 1. The molecule has 3 aromatic rings. The van der Waals surface area contributed by atoms with Gasteiger partial charge >= 0.3 is 0 Å². The molecule has 0 radical (unpaired) electrons. The number of hydrogen-bond donors (Lipinski definition) is 3. The van der Waals surface area contributed by atoms with Gasteiger partial charge in [-0.15, -0.1) is 0 Å². The molecule has 0 aliphatic rings. The molecule has 9 nitrogen and oxygen atoms in total. The molecule has 0 saturated carbocycles. The molecule has 1 unspecified atom stereocenters. The Bertz CT molecular complexity index is 973. The van der Waals surface area contributed by atoms with Crippen molar-refractivity contribution < 1.29 is 9.53 Å². The van der Waals surface area contributed by atoms with Gasteiger partial charge in [0.05, 0.1) is 25.0 Å². The van der Waals surface area contributed by atoms with E-state index in [1.165, 1.54) is 0 Å². The number of carbonyl (C=O) groups is 1. The first-order chi connectivity index (χ1) is 14.0. The summed E-state index contributed by atoms with van der Waals surface area (Å²) in [7, 11) is 1.55. The molecule has 9 heteroatoms. The van der Waals surface area contributed by atoms with Crippen molar-refractivity contribution in [2.24, 2.45) is 0 Å². The van der Waals surface area contributed by atoms with Crippen LogP contribution in [-0.2, 0) is 6.42 Å². The van der Waals surface area contributed by atoms with Gasteiger partial charge in [0.2, 0.25) is 11.7 Å². The maximum Gasteiger partial charge on any atom is 0.289 e. The summed E-state index contributed by atoms with van der Waals surface area (Å²) in [6.07, 6.45) is 4.43. The third kappa shape index (κ3) is 5.07. The molecule has 0 aromatic carbocycles. The van der Waals surface area contributed by atoms with Crippen molar-refractivity contribution in [2.75, 3.05) is 19.0 Å². The Kier molecular flexibility index (Phi) is 6.38. The summed E-state index contributed by atoms with van der Waals surface area (Å²) in [5.74, 6) is 0.908. The van der Waals surface area contributed by atoms with Gasteiger partial charge in [0, 0.05) is 30.1 Å². The number of nitrogens with one attached hydrogen (secondary N) is 3. The molecule has 0 spiro atoms. The molecule has 0 aliphatic heterocycles. The van der Waals surface area contributed by atoms with Crippen LogP contribution in [0, 0.1) is 13.8 Å². The summed E-state index contributed by atoms with van der Waals surface area (Å²) in [6, 6.07) is 5.10. The van der Waals surface area contributed by atoms with E-state index in [1.54, 1.807) is 19.4 Å². The molecule has 152 valence electrons. The number of aryl methyl sites for hydroxylation is 1. The Morgan fingerprint density at radius 1 is 1.24 bits per heavy atom. The van der Waals surface area contributed by atoms with Crippen molar-refractivity contribution in [3.05, 3.63) is 58.9 Å². The highest BCUT2D eigenvalue weighted by atomic mass is 16.5. The highest BCUT2D eigenvalue weighted by molar-refractivity contribution is 5.91.